The number of likely N-dealkylation sites (tertiary alicyclic amines) is 1. The van der Waals surface area contributed by atoms with Crippen molar-refractivity contribution >= 4 is 0 Å². The lowest BCUT2D eigenvalue weighted by Gasteiger charge is -2.32. The van der Waals surface area contributed by atoms with Crippen molar-refractivity contribution in [3.8, 4) is 0 Å². The molecule has 1 atom stereocenters. The summed E-state index contributed by atoms with van der Waals surface area (Å²) in [6.45, 7) is 6.49. The molecule has 1 fully saturated rings. The number of aryl methyl sites for hydroxylation is 2. The Morgan fingerprint density at radius 1 is 1.33 bits per heavy atom. The molecule has 0 aromatic carbocycles. The van der Waals surface area contributed by atoms with E-state index < -0.39 is 0 Å². The van der Waals surface area contributed by atoms with E-state index in [9.17, 15) is 0 Å². The third-order valence-corrected chi connectivity index (χ3v) is 4.48. The predicted octanol–water partition coefficient (Wildman–Crippen LogP) is 2.09. The summed E-state index contributed by atoms with van der Waals surface area (Å²) in [6, 6.07) is 2.14. The molecule has 2 aromatic heterocycles. The fraction of sp³-hybridized carbons (Fsp3) is 0.625. The zero-order valence-corrected chi connectivity index (χ0v) is 13.1. The zero-order chi connectivity index (χ0) is 14.7. The van der Waals surface area contributed by atoms with Crippen molar-refractivity contribution in [2.24, 2.45) is 13.0 Å². The van der Waals surface area contributed by atoms with Gasteiger partial charge in [0, 0.05) is 51.7 Å². The highest BCUT2D eigenvalue weighted by Crippen LogP contribution is 2.21. The lowest BCUT2D eigenvalue weighted by Crippen LogP contribution is -2.36. The SMILES string of the molecule is CCn1nccc1CN1CCC[C@H](Cc2nccn2C)C1. The number of hydrogen-bond acceptors (Lipinski definition) is 3. The van der Waals surface area contributed by atoms with Crippen molar-refractivity contribution in [1.82, 2.24) is 24.2 Å². The number of piperidine rings is 1. The second-order valence-corrected chi connectivity index (χ2v) is 6.04. The summed E-state index contributed by atoms with van der Waals surface area (Å²) in [6.07, 6.45) is 9.54. The maximum Gasteiger partial charge on any atom is 0.108 e. The van der Waals surface area contributed by atoms with Gasteiger partial charge in [0.25, 0.3) is 0 Å². The lowest BCUT2D eigenvalue weighted by atomic mass is 9.94. The molecule has 0 N–H and O–H groups in total. The Morgan fingerprint density at radius 2 is 2.24 bits per heavy atom. The minimum absolute atomic E-state index is 0.720. The fourth-order valence-corrected chi connectivity index (χ4v) is 3.32. The third kappa shape index (κ3) is 3.35. The molecule has 21 heavy (non-hydrogen) atoms. The van der Waals surface area contributed by atoms with Gasteiger partial charge < -0.3 is 4.57 Å². The van der Waals surface area contributed by atoms with Gasteiger partial charge in [-0.1, -0.05) is 0 Å². The molecule has 3 rings (SSSR count). The lowest BCUT2D eigenvalue weighted by molar-refractivity contribution is 0.161. The van der Waals surface area contributed by atoms with Gasteiger partial charge in [0.15, 0.2) is 0 Å². The van der Waals surface area contributed by atoms with Crippen LogP contribution in [-0.2, 0) is 26.6 Å². The van der Waals surface area contributed by atoms with Crippen molar-refractivity contribution in [1.29, 1.82) is 0 Å². The zero-order valence-electron chi connectivity index (χ0n) is 13.1. The van der Waals surface area contributed by atoms with Crippen molar-refractivity contribution < 1.29 is 0 Å². The molecule has 5 heteroatoms. The summed E-state index contributed by atoms with van der Waals surface area (Å²) in [4.78, 5) is 7.04. The van der Waals surface area contributed by atoms with Crippen LogP contribution in [0.5, 0.6) is 0 Å². The van der Waals surface area contributed by atoms with E-state index in [1.54, 1.807) is 0 Å². The van der Waals surface area contributed by atoms with Crippen LogP contribution in [0.3, 0.4) is 0 Å². The number of rotatable bonds is 5. The highest BCUT2D eigenvalue weighted by atomic mass is 15.3. The van der Waals surface area contributed by atoms with Crippen LogP contribution < -0.4 is 0 Å². The standard InChI is InChI=1S/C16H25N5/c1-3-21-15(6-7-18-21)13-20-9-4-5-14(12-20)11-16-17-8-10-19(16)2/h6-8,10,14H,3-5,9,11-13H2,1-2H3/t14-/m1/s1. The molecule has 0 aliphatic carbocycles. The van der Waals surface area contributed by atoms with E-state index in [1.807, 2.05) is 18.6 Å². The second-order valence-electron chi connectivity index (χ2n) is 6.04. The van der Waals surface area contributed by atoms with Gasteiger partial charge in [-0.2, -0.15) is 5.10 Å². The van der Waals surface area contributed by atoms with Gasteiger partial charge >= 0.3 is 0 Å². The smallest absolute Gasteiger partial charge is 0.108 e. The van der Waals surface area contributed by atoms with Crippen molar-refractivity contribution in [3.63, 3.8) is 0 Å². The van der Waals surface area contributed by atoms with E-state index >= 15 is 0 Å². The summed E-state index contributed by atoms with van der Waals surface area (Å²) in [7, 11) is 2.09. The molecule has 1 aliphatic rings. The van der Waals surface area contributed by atoms with Gasteiger partial charge in [-0.3, -0.25) is 9.58 Å². The molecule has 3 heterocycles. The van der Waals surface area contributed by atoms with Crippen LogP contribution in [0, 0.1) is 5.92 Å². The van der Waals surface area contributed by atoms with E-state index in [-0.39, 0.29) is 0 Å². The minimum atomic E-state index is 0.720. The average Bonchev–Trinajstić information content (AvgIpc) is 3.09. The fourth-order valence-electron chi connectivity index (χ4n) is 3.32. The van der Waals surface area contributed by atoms with E-state index in [4.69, 9.17) is 0 Å². The van der Waals surface area contributed by atoms with Gasteiger partial charge in [0.05, 0.1) is 5.69 Å². The number of imidazole rings is 1. The molecule has 0 bridgehead atoms. The topological polar surface area (TPSA) is 38.9 Å². The van der Waals surface area contributed by atoms with Crippen LogP contribution >= 0.6 is 0 Å². The Hall–Kier alpha value is -1.62. The normalized spacial score (nSPS) is 20.0. The quantitative estimate of drug-likeness (QED) is 0.845. The van der Waals surface area contributed by atoms with Gasteiger partial charge in [0.2, 0.25) is 0 Å². The van der Waals surface area contributed by atoms with Gasteiger partial charge in [-0.15, -0.1) is 0 Å². The Labute approximate surface area is 126 Å². The summed E-state index contributed by atoms with van der Waals surface area (Å²) < 4.78 is 4.24. The van der Waals surface area contributed by atoms with Gasteiger partial charge in [-0.25, -0.2) is 4.98 Å². The molecule has 5 nitrogen and oxygen atoms in total. The number of nitrogens with zero attached hydrogens (tertiary/aromatic N) is 5. The maximum absolute atomic E-state index is 4.47. The molecule has 114 valence electrons. The molecule has 0 amide bonds. The van der Waals surface area contributed by atoms with E-state index in [0.717, 1.165) is 25.4 Å². The van der Waals surface area contributed by atoms with Gasteiger partial charge in [-0.05, 0) is 38.3 Å². The molecular weight excluding hydrogens is 262 g/mol. The van der Waals surface area contributed by atoms with Crippen LogP contribution in [0.4, 0.5) is 0 Å². The first-order chi connectivity index (χ1) is 10.3. The van der Waals surface area contributed by atoms with Crippen molar-refractivity contribution in [3.05, 3.63) is 36.2 Å². The molecule has 2 aromatic rings. The average molecular weight is 287 g/mol. The predicted molar refractivity (Wildman–Crippen MR) is 82.8 cm³/mol. The Morgan fingerprint density at radius 3 is 3.00 bits per heavy atom. The van der Waals surface area contributed by atoms with Crippen molar-refractivity contribution in [2.45, 2.75) is 39.3 Å². The Bertz CT molecular complexity index is 571. The summed E-state index contributed by atoms with van der Waals surface area (Å²) >= 11 is 0. The molecule has 0 spiro atoms. The van der Waals surface area contributed by atoms with E-state index in [1.165, 1.54) is 37.4 Å². The Balaban J connectivity index is 1.59. The third-order valence-electron chi connectivity index (χ3n) is 4.48. The summed E-state index contributed by atoms with van der Waals surface area (Å²) in [5.74, 6) is 1.93. The molecule has 0 saturated carbocycles. The first-order valence-electron chi connectivity index (χ1n) is 7.95. The molecule has 1 aliphatic heterocycles. The monoisotopic (exact) mass is 287 g/mol. The van der Waals surface area contributed by atoms with Gasteiger partial charge in [0.1, 0.15) is 5.82 Å². The number of hydrogen-bond donors (Lipinski definition) is 0. The summed E-state index contributed by atoms with van der Waals surface area (Å²) in [5, 5.41) is 4.37. The highest BCUT2D eigenvalue weighted by molar-refractivity contribution is 5.01. The summed E-state index contributed by atoms with van der Waals surface area (Å²) in [5.41, 5.74) is 1.33. The minimum Gasteiger partial charge on any atom is -0.338 e. The van der Waals surface area contributed by atoms with Crippen molar-refractivity contribution in [2.75, 3.05) is 13.1 Å². The highest BCUT2D eigenvalue weighted by Gasteiger charge is 2.22. The van der Waals surface area contributed by atoms with Crippen LogP contribution in [-0.4, -0.2) is 37.3 Å². The van der Waals surface area contributed by atoms with Crippen LogP contribution in [0.1, 0.15) is 31.3 Å². The maximum atomic E-state index is 4.47. The van der Waals surface area contributed by atoms with Crippen LogP contribution in [0.2, 0.25) is 0 Å². The van der Waals surface area contributed by atoms with Crippen LogP contribution in [0.25, 0.3) is 0 Å². The molecule has 0 radical (unpaired) electrons. The van der Waals surface area contributed by atoms with Crippen LogP contribution in [0.15, 0.2) is 24.7 Å². The number of aromatic nitrogens is 4. The molecule has 0 unspecified atom stereocenters. The second kappa shape index (κ2) is 6.43. The molecule has 1 saturated heterocycles. The first-order valence-corrected chi connectivity index (χ1v) is 7.95. The largest absolute Gasteiger partial charge is 0.338 e. The first kappa shape index (κ1) is 14.3. The Kier molecular flexibility index (Phi) is 4.39. The van der Waals surface area contributed by atoms with E-state index in [2.05, 4.69) is 44.3 Å². The molecular formula is C16H25N5. The van der Waals surface area contributed by atoms with E-state index in [0.29, 0.717) is 0 Å².